The Kier molecular flexibility index (Phi) is 8.81. The molecule has 1 N–H and O–H groups in total. The van der Waals surface area contributed by atoms with Crippen molar-refractivity contribution < 1.29 is 38.0 Å². The van der Waals surface area contributed by atoms with Crippen molar-refractivity contribution in [3.63, 3.8) is 0 Å². The highest BCUT2D eigenvalue weighted by molar-refractivity contribution is 6.04. The Bertz CT molecular complexity index is 1310. The summed E-state index contributed by atoms with van der Waals surface area (Å²) < 4.78 is 32.7. The van der Waals surface area contributed by atoms with Gasteiger partial charge in [-0.05, 0) is 43.0 Å². The van der Waals surface area contributed by atoms with Gasteiger partial charge in [0.05, 0.1) is 46.5 Å². The van der Waals surface area contributed by atoms with Gasteiger partial charge in [0, 0.05) is 36.1 Å². The maximum Gasteiger partial charge on any atom is 0.336 e. The van der Waals surface area contributed by atoms with Crippen molar-refractivity contribution in [3.05, 3.63) is 70.1 Å². The first-order valence-electron chi connectivity index (χ1n) is 12.7. The lowest BCUT2D eigenvalue weighted by Gasteiger charge is -2.37. The van der Waals surface area contributed by atoms with Gasteiger partial charge in [0.25, 0.3) is 0 Å². The second-order valence-corrected chi connectivity index (χ2v) is 9.34. The molecule has 0 bridgehead atoms. The van der Waals surface area contributed by atoms with Crippen LogP contribution < -0.4 is 24.3 Å². The van der Waals surface area contributed by atoms with Gasteiger partial charge < -0.3 is 33.7 Å². The number of ketones is 1. The Morgan fingerprint density at radius 2 is 1.64 bits per heavy atom. The fourth-order valence-electron chi connectivity index (χ4n) is 5.40. The fourth-order valence-corrected chi connectivity index (χ4v) is 5.40. The molecule has 2 aromatic rings. The summed E-state index contributed by atoms with van der Waals surface area (Å²) in [6.07, 6.45) is 0.840. The van der Waals surface area contributed by atoms with Crippen LogP contribution in [0.1, 0.15) is 42.7 Å². The Labute approximate surface area is 228 Å². The zero-order valence-electron chi connectivity index (χ0n) is 23.2. The Morgan fingerprint density at radius 1 is 0.897 bits per heavy atom. The molecule has 2 atom stereocenters. The zero-order valence-corrected chi connectivity index (χ0v) is 23.2. The van der Waals surface area contributed by atoms with E-state index in [4.69, 9.17) is 28.4 Å². The van der Waals surface area contributed by atoms with Crippen LogP contribution >= 0.6 is 0 Å². The lowest BCUT2D eigenvalue weighted by molar-refractivity contribution is -0.140. The standard InChI is InChI=1S/C30H35NO8/c1-17-26(30(33)39-13-12-34-2)27(20-8-7-9-24(36-4)29(20)38-6)28-21(31-17)14-19(15-22(28)32)18-10-11-23(35-3)25(16-18)37-5/h7-11,16,19,27,31H,12-15H2,1-6H3/t19-,27+/m1/s1. The number of dihydropyridines is 1. The van der Waals surface area contributed by atoms with E-state index in [0.29, 0.717) is 51.8 Å². The first kappa shape index (κ1) is 28.0. The number of rotatable bonds is 10. The van der Waals surface area contributed by atoms with E-state index in [1.165, 1.54) is 7.11 Å². The third kappa shape index (κ3) is 5.45. The van der Waals surface area contributed by atoms with E-state index in [1.807, 2.05) is 37.3 Å². The number of nitrogens with one attached hydrogen (secondary N) is 1. The first-order chi connectivity index (χ1) is 18.9. The normalized spacial score (nSPS) is 18.8. The van der Waals surface area contributed by atoms with E-state index in [0.717, 1.165) is 11.3 Å². The second kappa shape index (κ2) is 12.3. The number of para-hydroxylation sites is 1. The van der Waals surface area contributed by atoms with Gasteiger partial charge in [-0.25, -0.2) is 4.79 Å². The van der Waals surface area contributed by atoms with Crippen LogP contribution in [0.25, 0.3) is 0 Å². The molecule has 0 aromatic heterocycles. The topological polar surface area (TPSA) is 102 Å². The van der Waals surface area contributed by atoms with Crippen LogP contribution in [0, 0.1) is 0 Å². The highest BCUT2D eigenvalue weighted by atomic mass is 16.6. The number of carbonyl (C=O) groups excluding carboxylic acids is 2. The summed E-state index contributed by atoms with van der Waals surface area (Å²) in [5.74, 6) is 0.839. The molecule has 0 fully saturated rings. The Morgan fingerprint density at radius 3 is 2.31 bits per heavy atom. The van der Waals surface area contributed by atoms with Crippen molar-refractivity contribution in [2.24, 2.45) is 0 Å². The summed E-state index contributed by atoms with van der Waals surface area (Å²) in [7, 11) is 7.81. The van der Waals surface area contributed by atoms with Crippen molar-refractivity contribution in [2.75, 3.05) is 48.8 Å². The maximum atomic E-state index is 13.9. The molecule has 0 amide bonds. The van der Waals surface area contributed by atoms with Crippen molar-refractivity contribution in [1.82, 2.24) is 5.32 Å². The van der Waals surface area contributed by atoms with Gasteiger partial charge in [-0.15, -0.1) is 0 Å². The third-order valence-electron chi connectivity index (χ3n) is 7.19. The molecular formula is C30H35NO8. The van der Waals surface area contributed by atoms with E-state index in [9.17, 15) is 9.59 Å². The van der Waals surface area contributed by atoms with Crippen LogP contribution in [0.5, 0.6) is 23.0 Å². The van der Waals surface area contributed by atoms with Crippen LogP contribution in [0.15, 0.2) is 58.9 Å². The predicted octanol–water partition coefficient (Wildman–Crippen LogP) is 4.27. The van der Waals surface area contributed by atoms with Crippen LogP contribution in [-0.4, -0.2) is 60.5 Å². The Hall–Kier alpha value is -3.98. The van der Waals surface area contributed by atoms with Gasteiger partial charge in [0.15, 0.2) is 28.8 Å². The number of benzene rings is 2. The summed E-state index contributed by atoms with van der Waals surface area (Å²) in [4.78, 5) is 27.4. The summed E-state index contributed by atoms with van der Waals surface area (Å²) in [6, 6.07) is 11.2. The first-order valence-corrected chi connectivity index (χ1v) is 12.7. The number of Topliss-reactive ketones (excluding diaryl/α,β-unsaturated/α-hetero) is 1. The number of ether oxygens (including phenoxy) is 6. The molecular weight excluding hydrogens is 502 g/mol. The van der Waals surface area contributed by atoms with Crippen LogP contribution in [0.3, 0.4) is 0 Å². The summed E-state index contributed by atoms with van der Waals surface area (Å²) >= 11 is 0. The minimum atomic E-state index is -0.694. The molecule has 0 unspecified atom stereocenters. The molecule has 4 rings (SSSR count). The maximum absolute atomic E-state index is 13.9. The summed E-state index contributed by atoms with van der Waals surface area (Å²) in [5, 5.41) is 3.37. The van der Waals surface area contributed by atoms with E-state index >= 15 is 0 Å². The van der Waals surface area contributed by atoms with E-state index < -0.39 is 11.9 Å². The van der Waals surface area contributed by atoms with Crippen LogP contribution in [0.4, 0.5) is 0 Å². The third-order valence-corrected chi connectivity index (χ3v) is 7.19. The van der Waals surface area contributed by atoms with Gasteiger partial charge in [-0.1, -0.05) is 18.2 Å². The highest BCUT2D eigenvalue weighted by Crippen LogP contribution is 2.49. The summed E-state index contributed by atoms with van der Waals surface area (Å²) in [5.41, 5.74) is 3.90. The largest absolute Gasteiger partial charge is 0.493 e. The summed E-state index contributed by atoms with van der Waals surface area (Å²) in [6.45, 7) is 2.18. The molecule has 2 aromatic carbocycles. The molecule has 1 heterocycles. The average Bonchev–Trinajstić information content (AvgIpc) is 2.95. The van der Waals surface area contributed by atoms with E-state index in [1.54, 1.807) is 34.5 Å². The number of carbonyl (C=O) groups is 2. The van der Waals surface area contributed by atoms with Gasteiger partial charge in [0.1, 0.15) is 6.61 Å². The molecule has 1 aliphatic carbocycles. The van der Waals surface area contributed by atoms with E-state index in [2.05, 4.69) is 5.32 Å². The predicted molar refractivity (Wildman–Crippen MR) is 145 cm³/mol. The van der Waals surface area contributed by atoms with Crippen molar-refractivity contribution in [3.8, 4) is 23.0 Å². The van der Waals surface area contributed by atoms with Gasteiger partial charge in [-0.2, -0.15) is 0 Å². The monoisotopic (exact) mass is 537 g/mol. The minimum absolute atomic E-state index is 0.0619. The lowest BCUT2D eigenvalue weighted by Crippen LogP contribution is -2.36. The molecule has 0 spiro atoms. The number of hydrogen-bond donors (Lipinski definition) is 1. The van der Waals surface area contributed by atoms with Crippen molar-refractivity contribution >= 4 is 11.8 Å². The molecule has 0 saturated heterocycles. The van der Waals surface area contributed by atoms with Gasteiger partial charge in [-0.3, -0.25) is 4.79 Å². The SMILES string of the molecule is COCCOC(=O)C1=C(C)NC2=C(C(=O)C[C@H](c3ccc(OC)c(OC)c3)C2)[C@H]1c1cccc(OC)c1OC. The molecule has 2 aliphatic rings. The molecule has 9 nitrogen and oxygen atoms in total. The van der Waals surface area contributed by atoms with Crippen LogP contribution in [-0.2, 0) is 19.1 Å². The molecule has 9 heteroatoms. The number of esters is 1. The number of allylic oxidation sites excluding steroid dienone is 3. The second-order valence-electron chi connectivity index (χ2n) is 9.34. The lowest BCUT2D eigenvalue weighted by atomic mass is 9.71. The highest BCUT2D eigenvalue weighted by Gasteiger charge is 2.43. The number of methoxy groups -OCH3 is 5. The molecule has 39 heavy (non-hydrogen) atoms. The molecule has 1 aliphatic heterocycles. The zero-order chi connectivity index (χ0) is 28.1. The minimum Gasteiger partial charge on any atom is -0.493 e. The average molecular weight is 538 g/mol. The Balaban J connectivity index is 1.81. The van der Waals surface area contributed by atoms with Gasteiger partial charge >= 0.3 is 5.97 Å². The van der Waals surface area contributed by atoms with Gasteiger partial charge in [0.2, 0.25) is 0 Å². The molecule has 0 radical (unpaired) electrons. The fraction of sp³-hybridized carbons (Fsp3) is 0.400. The van der Waals surface area contributed by atoms with E-state index in [-0.39, 0.29) is 31.3 Å². The quantitative estimate of drug-likeness (QED) is 0.352. The number of hydrogen-bond acceptors (Lipinski definition) is 9. The van der Waals surface area contributed by atoms with Crippen LogP contribution in [0.2, 0.25) is 0 Å². The molecule has 0 saturated carbocycles. The van der Waals surface area contributed by atoms with Crippen molar-refractivity contribution in [2.45, 2.75) is 31.6 Å². The molecule has 208 valence electrons. The van der Waals surface area contributed by atoms with Crippen molar-refractivity contribution in [1.29, 1.82) is 0 Å². The smallest absolute Gasteiger partial charge is 0.336 e.